The van der Waals surface area contributed by atoms with Crippen LogP contribution in [0.25, 0.3) is 0 Å². The van der Waals surface area contributed by atoms with Gasteiger partial charge >= 0.3 is 6.03 Å². The molecule has 3 N–H and O–H groups in total. The molecule has 1 aliphatic heterocycles. The fraction of sp³-hybridized carbons (Fsp3) is 0.211. The van der Waals surface area contributed by atoms with Crippen LogP contribution in [0.3, 0.4) is 0 Å². The normalized spacial score (nSPS) is 12.8. The van der Waals surface area contributed by atoms with Gasteiger partial charge in [0.25, 0.3) is 0 Å². The lowest BCUT2D eigenvalue weighted by Gasteiger charge is -2.29. The molecule has 0 radical (unpaired) electrons. The van der Waals surface area contributed by atoms with E-state index in [9.17, 15) is 14.4 Å². The van der Waals surface area contributed by atoms with E-state index in [1.807, 2.05) is 0 Å². The Morgan fingerprint density at radius 1 is 1.15 bits per heavy atom. The number of hydrogen-bond acceptors (Lipinski definition) is 3. The van der Waals surface area contributed by atoms with Gasteiger partial charge in [-0.1, -0.05) is 29.8 Å². The Bertz CT molecular complexity index is 872. The van der Waals surface area contributed by atoms with Crippen LogP contribution in [-0.4, -0.2) is 30.9 Å². The molecule has 140 valence electrons. The summed E-state index contributed by atoms with van der Waals surface area (Å²) in [4.78, 5) is 37.5. The second-order valence-corrected chi connectivity index (χ2v) is 6.48. The van der Waals surface area contributed by atoms with Crippen molar-refractivity contribution in [3.05, 3.63) is 53.6 Å². The van der Waals surface area contributed by atoms with Gasteiger partial charge in [-0.05, 0) is 36.8 Å². The first kappa shape index (κ1) is 18.7. The Morgan fingerprint density at radius 3 is 2.78 bits per heavy atom. The molecule has 0 aliphatic carbocycles. The van der Waals surface area contributed by atoms with Crippen LogP contribution in [0, 0.1) is 0 Å². The number of anilines is 3. The van der Waals surface area contributed by atoms with Crippen molar-refractivity contribution in [3.8, 4) is 0 Å². The fourth-order valence-corrected chi connectivity index (χ4v) is 2.93. The van der Waals surface area contributed by atoms with Crippen LogP contribution >= 0.6 is 11.6 Å². The third kappa shape index (κ3) is 4.98. The summed E-state index contributed by atoms with van der Waals surface area (Å²) in [6, 6.07) is 13.6. The predicted octanol–water partition coefficient (Wildman–Crippen LogP) is 3.23. The molecule has 3 rings (SSSR count). The Hall–Kier alpha value is -3.06. The number of urea groups is 1. The highest BCUT2D eigenvalue weighted by Gasteiger charge is 2.26. The molecule has 0 saturated heterocycles. The zero-order valence-electron chi connectivity index (χ0n) is 14.5. The summed E-state index contributed by atoms with van der Waals surface area (Å²) < 4.78 is 0. The topological polar surface area (TPSA) is 90.5 Å². The van der Waals surface area contributed by atoms with Crippen LogP contribution in [0.5, 0.6) is 0 Å². The lowest BCUT2D eigenvalue weighted by atomic mass is 10.2. The minimum absolute atomic E-state index is 0.0436. The Kier molecular flexibility index (Phi) is 5.93. The summed E-state index contributed by atoms with van der Waals surface area (Å²) in [5.74, 6) is -0.404. The average molecular weight is 387 g/mol. The van der Waals surface area contributed by atoms with Crippen molar-refractivity contribution < 1.29 is 14.4 Å². The first-order valence-corrected chi connectivity index (χ1v) is 8.90. The number of para-hydroxylation sites is 2. The first-order valence-electron chi connectivity index (χ1n) is 8.52. The van der Waals surface area contributed by atoms with Gasteiger partial charge in [0.2, 0.25) is 11.8 Å². The molecule has 0 spiro atoms. The third-order valence-electron chi connectivity index (χ3n) is 3.98. The molecule has 7 nitrogen and oxygen atoms in total. The largest absolute Gasteiger partial charge is 0.338 e. The Labute approximate surface area is 161 Å². The van der Waals surface area contributed by atoms with E-state index < -0.39 is 0 Å². The number of halogens is 1. The number of amides is 4. The van der Waals surface area contributed by atoms with E-state index in [0.29, 0.717) is 35.1 Å². The molecule has 1 heterocycles. The molecule has 27 heavy (non-hydrogen) atoms. The second kappa shape index (κ2) is 8.55. The van der Waals surface area contributed by atoms with Gasteiger partial charge in [-0.2, -0.15) is 0 Å². The summed E-state index contributed by atoms with van der Waals surface area (Å²) in [7, 11) is 0. The van der Waals surface area contributed by atoms with Crippen molar-refractivity contribution in [2.24, 2.45) is 0 Å². The van der Waals surface area contributed by atoms with Crippen molar-refractivity contribution in [3.63, 3.8) is 0 Å². The van der Waals surface area contributed by atoms with E-state index >= 15 is 0 Å². The lowest BCUT2D eigenvalue weighted by Crippen LogP contribution is -2.47. The quantitative estimate of drug-likeness (QED) is 0.689. The van der Waals surface area contributed by atoms with Crippen LogP contribution in [0.1, 0.15) is 12.8 Å². The second-order valence-electron chi connectivity index (χ2n) is 6.05. The molecule has 0 saturated carbocycles. The number of hydrogen-bond donors (Lipinski definition) is 3. The van der Waals surface area contributed by atoms with Crippen molar-refractivity contribution in [2.75, 3.05) is 28.6 Å². The smallest absolute Gasteiger partial charge is 0.322 e. The van der Waals surface area contributed by atoms with E-state index in [1.54, 1.807) is 48.5 Å². The first-order chi connectivity index (χ1) is 13.0. The van der Waals surface area contributed by atoms with Gasteiger partial charge in [0.1, 0.15) is 6.54 Å². The maximum atomic E-state index is 12.4. The summed E-state index contributed by atoms with van der Waals surface area (Å²) in [5, 5.41) is 8.78. The molecule has 8 heteroatoms. The SMILES string of the molecule is O=C(CCCNC(=O)N1CC(=O)Nc2ccccc21)Nc1cccc(Cl)c1. The maximum Gasteiger partial charge on any atom is 0.322 e. The highest BCUT2D eigenvalue weighted by atomic mass is 35.5. The van der Waals surface area contributed by atoms with E-state index in [-0.39, 0.29) is 30.8 Å². The summed E-state index contributed by atoms with van der Waals surface area (Å²) in [5.41, 5.74) is 1.88. The molecule has 2 aromatic carbocycles. The predicted molar refractivity (Wildman–Crippen MR) is 105 cm³/mol. The van der Waals surface area contributed by atoms with Gasteiger partial charge in [0.05, 0.1) is 11.4 Å². The van der Waals surface area contributed by atoms with Crippen LogP contribution < -0.4 is 20.9 Å². The van der Waals surface area contributed by atoms with Crippen LogP contribution in [0.4, 0.5) is 21.9 Å². The van der Waals surface area contributed by atoms with E-state index in [1.165, 1.54) is 4.90 Å². The highest BCUT2D eigenvalue weighted by molar-refractivity contribution is 6.30. The van der Waals surface area contributed by atoms with Crippen LogP contribution in [0.2, 0.25) is 5.02 Å². The molecule has 4 amide bonds. The zero-order valence-corrected chi connectivity index (χ0v) is 15.3. The Balaban J connectivity index is 1.46. The number of nitrogens with one attached hydrogen (secondary N) is 3. The molecular weight excluding hydrogens is 368 g/mol. The molecule has 0 aromatic heterocycles. The molecule has 0 atom stereocenters. The van der Waals surface area contributed by atoms with Gasteiger partial charge in [-0.15, -0.1) is 0 Å². The third-order valence-corrected chi connectivity index (χ3v) is 4.22. The number of carbonyl (C=O) groups is 3. The van der Waals surface area contributed by atoms with Crippen LogP contribution in [0.15, 0.2) is 48.5 Å². The van der Waals surface area contributed by atoms with E-state index in [0.717, 1.165) is 0 Å². The number of rotatable bonds is 5. The van der Waals surface area contributed by atoms with Crippen molar-refractivity contribution in [2.45, 2.75) is 12.8 Å². The van der Waals surface area contributed by atoms with Crippen molar-refractivity contribution in [1.29, 1.82) is 0 Å². The molecule has 0 fully saturated rings. The summed E-state index contributed by atoms with van der Waals surface area (Å²) in [6.07, 6.45) is 0.726. The monoisotopic (exact) mass is 386 g/mol. The summed E-state index contributed by atoms with van der Waals surface area (Å²) >= 11 is 5.88. The number of carbonyl (C=O) groups excluding carboxylic acids is 3. The van der Waals surface area contributed by atoms with Gasteiger partial charge in [0.15, 0.2) is 0 Å². The number of nitrogens with zero attached hydrogens (tertiary/aromatic N) is 1. The van der Waals surface area contributed by atoms with E-state index in [4.69, 9.17) is 11.6 Å². The van der Waals surface area contributed by atoms with Gasteiger partial charge in [-0.3, -0.25) is 14.5 Å². The molecule has 1 aliphatic rings. The molecule has 0 bridgehead atoms. The standard InChI is InChI=1S/C19H19ClN4O3/c20-13-5-3-6-14(11-13)22-17(25)9-4-10-21-19(27)24-12-18(26)23-15-7-1-2-8-16(15)24/h1-3,5-8,11H,4,9-10,12H2,(H,21,27)(H,22,25)(H,23,26). The summed E-state index contributed by atoms with van der Waals surface area (Å²) in [6.45, 7) is 0.278. The van der Waals surface area contributed by atoms with E-state index in [2.05, 4.69) is 16.0 Å². The van der Waals surface area contributed by atoms with Gasteiger partial charge < -0.3 is 16.0 Å². The van der Waals surface area contributed by atoms with Crippen molar-refractivity contribution >= 4 is 46.5 Å². The highest BCUT2D eigenvalue weighted by Crippen LogP contribution is 2.28. The molecule has 2 aromatic rings. The van der Waals surface area contributed by atoms with Gasteiger partial charge in [-0.25, -0.2) is 4.79 Å². The maximum absolute atomic E-state index is 12.4. The molecule has 0 unspecified atom stereocenters. The minimum atomic E-state index is -0.368. The van der Waals surface area contributed by atoms with Crippen molar-refractivity contribution in [1.82, 2.24) is 5.32 Å². The average Bonchev–Trinajstić information content (AvgIpc) is 2.64. The number of fused-ring (bicyclic) bond motifs is 1. The Morgan fingerprint density at radius 2 is 1.96 bits per heavy atom. The number of benzene rings is 2. The van der Waals surface area contributed by atoms with Gasteiger partial charge in [0, 0.05) is 23.7 Å². The fourth-order valence-electron chi connectivity index (χ4n) is 2.74. The lowest BCUT2D eigenvalue weighted by molar-refractivity contribution is -0.116. The molecular formula is C19H19ClN4O3. The van der Waals surface area contributed by atoms with Crippen LogP contribution in [-0.2, 0) is 9.59 Å². The zero-order chi connectivity index (χ0) is 19.2. The minimum Gasteiger partial charge on any atom is -0.338 e.